The maximum absolute atomic E-state index is 13.6. The van der Waals surface area contributed by atoms with Gasteiger partial charge in [0.05, 0.1) is 11.3 Å². The van der Waals surface area contributed by atoms with Crippen LogP contribution in [0.3, 0.4) is 0 Å². The number of nitrogen functional groups attached to an aromatic ring is 1. The van der Waals surface area contributed by atoms with Crippen molar-refractivity contribution in [3.63, 3.8) is 0 Å². The first kappa shape index (κ1) is 14.8. The van der Waals surface area contributed by atoms with Crippen molar-refractivity contribution in [1.29, 1.82) is 0 Å². The van der Waals surface area contributed by atoms with E-state index in [1.165, 1.54) is 12.1 Å². The number of amides is 1. The van der Waals surface area contributed by atoms with E-state index in [0.717, 1.165) is 25.7 Å². The van der Waals surface area contributed by atoms with Gasteiger partial charge in [0, 0.05) is 6.04 Å². The van der Waals surface area contributed by atoms with Gasteiger partial charge in [0.15, 0.2) is 0 Å². The number of rotatable bonds is 3. The van der Waals surface area contributed by atoms with E-state index in [2.05, 4.69) is 24.6 Å². The van der Waals surface area contributed by atoms with Crippen LogP contribution in [0.15, 0.2) is 18.2 Å². The Morgan fingerprint density at radius 2 is 2.00 bits per heavy atom. The molecule has 2 rings (SSSR count). The lowest BCUT2D eigenvalue weighted by molar-refractivity contribution is 0.0909. The molecule has 4 nitrogen and oxygen atoms in total. The van der Waals surface area contributed by atoms with E-state index in [0.29, 0.717) is 5.41 Å². The minimum Gasteiger partial charge on any atom is -0.349 e. The Kier molecular flexibility index (Phi) is 4.28. The quantitative estimate of drug-likeness (QED) is 0.589. The zero-order valence-electron chi connectivity index (χ0n) is 12.0. The third kappa shape index (κ3) is 3.28. The zero-order chi connectivity index (χ0) is 14.8. The highest BCUT2D eigenvalue weighted by atomic mass is 19.1. The second kappa shape index (κ2) is 5.79. The molecule has 5 heteroatoms. The molecule has 0 heterocycles. The zero-order valence-corrected chi connectivity index (χ0v) is 12.0. The second-order valence-corrected chi connectivity index (χ2v) is 6.22. The first-order valence-corrected chi connectivity index (χ1v) is 6.99. The first-order valence-electron chi connectivity index (χ1n) is 6.99. The van der Waals surface area contributed by atoms with Gasteiger partial charge in [-0.25, -0.2) is 4.39 Å². The first-order chi connectivity index (χ1) is 9.43. The fraction of sp³-hybridized carbons (Fsp3) is 0.533. The third-order valence-electron chi connectivity index (χ3n) is 4.08. The van der Waals surface area contributed by atoms with Crippen molar-refractivity contribution in [2.45, 2.75) is 45.6 Å². The van der Waals surface area contributed by atoms with Crippen molar-refractivity contribution in [3.05, 3.63) is 29.6 Å². The van der Waals surface area contributed by atoms with Crippen LogP contribution in [0.4, 0.5) is 10.1 Å². The number of anilines is 1. The fourth-order valence-corrected chi connectivity index (χ4v) is 2.67. The molecule has 1 amide bonds. The summed E-state index contributed by atoms with van der Waals surface area (Å²) in [7, 11) is 0. The molecular weight excluding hydrogens is 257 g/mol. The molecule has 0 atom stereocenters. The van der Waals surface area contributed by atoms with Gasteiger partial charge >= 0.3 is 0 Å². The third-order valence-corrected chi connectivity index (χ3v) is 4.08. The molecule has 110 valence electrons. The highest BCUT2D eigenvalue weighted by Crippen LogP contribution is 2.35. The summed E-state index contributed by atoms with van der Waals surface area (Å²) in [6, 6.07) is 4.51. The standard InChI is InChI=1S/C15H22FN3O/c1-15(2)8-6-10(7-9-15)18-14(20)11-4-3-5-12(16)13(11)19-17/h3-5,10,19H,6-9,17H2,1-2H3,(H,18,20). The molecule has 1 fully saturated rings. The van der Waals surface area contributed by atoms with E-state index in [1.54, 1.807) is 6.07 Å². The number of carbonyl (C=O) groups excluding carboxylic acids is 1. The number of para-hydroxylation sites is 1. The lowest BCUT2D eigenvalue weighted by Crippen LogP contribution is -2.39. The molecule has 1 aromatic rings. The number of nitrogens with one attached hydrogen (secondary N) is 2. The summed E-state index contributed by atoms with van der Waals surface area (Å²) in [6.07, 6.45) is 4.09. The molecular formula is C15H22FN3O. The van der Waals surface area contributed by atoms with Gasteiger partial charge in [0.25, 0.3) is 5.91 Å². The van der Waals surface area contributed by atoms with Crippen LogP contribution in [-0.4, -0.2) is 11.9 Å². The summed E-state index contributed by atoms with van der Waals surface area (Å²) in [5, 5.41) is 2.97. The molecule has 1 aliphatic carbocycles. The van der Waals surface area contributed by atoms with E-state index in [1.807, 2.05) is 0 Å². The van der Waals surface area contributed by atoms with E-state index in [-0.39, 0.29) is 23.2 Å². The van der Waals surface area contributed by atoms with Crippen molar-refractivity contribution in [2.75, 3.05) is 5.43 Å². The van der Waals surface area contributed by atoms with Crippen molar-refractivity contribution in [1.82, 2.24) is 5.32 Å². The number of hydrogen-bond acceptors (Lipinski definition) is 3. The van der Waals surface area contributed by atoms with E-state index >= 15 is 0 Å². The molecule has 0 saturated heterocycles. The summed E-state index contributed by atoms with van der Waals surface area (Å²) in [6.45, 7) is 4.49. The highest BCUT2D eigenvalue weighted by Gasteiger charge is 2.28. The normalized spacial score (nSPS) is 18.6. The lowest BCUT2D eigenvalue weighted by Gasteiger charge is -2.34. The number of hydrazine groups is 1. The molecule has 1 aliphatic rings. The Hall–Kier alpha value is -1.62. The summed E-state index contributed by atoms with van der Waals surface area (Å²) in [4.78, 5) is 12.2. The van der Waals surface area contributed by atoms with Gasteiger partial charge in [-0.15, -0.1) is 0 Å². The van der Waals surface area contributed by atoms with Crippen LogP contribution in [0.2, 0.25) is 0 Å². The van der Waals surface area contributed by atoms with E-state index in [4.69, 9.17) is 5.84 Å². The number of hydrogen-bond donors (Lipinski definition) is 3. The van der Waals surface area contributed by atoms with Crippen molar-refractivity contribution < 1.29 is 9.18 Å². The predicted molar refractivity (Wildman–Crippen MR) is 77.7 cm³/mol. The molecule has 0 unspecified atom stereocenters. The molecule has 0 spiro atoms. The summed E-state index contributed by atoms with van der Waals surface area (Å²) < 4.78 is 13.6. The van der Waals surface area contributed by atoms with Crippen LogP contribution in [0.5, 0.6) is 0 Å². The van der Waals surface area contributed by atoms with Gasteiger partial charge in [-0.1, -0.05) is 19.9 Å². The maximum Gasteiger partial charge on any atom is 0.253 e. The van der Waals surface area contributed by atoms with Gasteiger partial charge in [-0.2, -0.15) is 0 Å². The molecule has 4 N–H and O–H groups in total. The lowest BCUT2D eigenvalue weighted by atomic mass is 9.75. The van der Waals surface area contributed by atoms with Crippen LogP contribution in [0.1, 0.15) is 49.9 Å². The van der Waals surface area contributed by atoms with Gasteiger partial charge in [-0.3, -0.25) is 10.6 Å². The van der Waals surface area contributed by atoms with Crippen LogP contribution in [0.25, 0.3) is 0 Å². The van der Waals surface area contributed by atoms with Crippen LogP contribution < -0.4 is 16.6 Å². The van der Waals surface area contributed by atoms with Gasteiger partial charge < -0.3 is 10.7 Å². The Labute approximate surface area is 118 Å². The average Bonchev–Trinajstić information content (AvgIpc) is 2.41. The molecule has 20 heavy (non-hydrogen) atoms. The second-order valence-electron chi connectivity index (χ2n) is 6.22. The molecule has 0 radical (unpaired) electrons. The summed E-state index contributed by atoms with van der Waals surface area (Å²) in [5.41, 5.74) is 2.90. The van der Waals surface area contributed by atoms with E-state index in [9.17, 15) is 9.18 Å². The smallest absolute Gasteiger partial charge is 0.253 e. The van der Waals surface area contributed by atoms with Gasteiger partial charge in [0.1, 0.15) is 5.82 Å². The largest absolute Gasteiger partial charge is 0.349 e. The Balaban J connectivity index is 2.04. The number of carbonyl (C=O) groups is 1. The number of halogens is 1. The Bertz CT molecular complexity index is 492. The van der Waals surface area contributed by atoms with Crippen molar-refractivity contribution in [3.8, 4) is 0 Å². The number of nitrogens with two attached hydrogens (primary N) is 1. The molecule has 0 aromatic heterocycles. The minimum atomic E-state index is -0.523. The molecule has 0 bridgehead atoms. The van der Waals surface area contributed by atoms with E-state index < -0.39 is 5.82 Å². The Morgan fingerprint density at radius 1 is 1.35 bits per heavy atom. The molecule has 1 aromatic carbocycles. The van der Waals surface area contributed by atoms with Gasteiger partial charge in [-0.05, 0) is 43.2 Å². The van der Waals surface area contributed by atoms with Crippen LogP contribution in [-0.2, 0) is 0 Å². The molecule has 0 aliphatic heterocycles. The monoisotopic (exact) mass is 279 g/mol. The average molecular weight is 279 g/mol. The summed E-state index contributed by atoms with van der Waals surface area (Å²) in [5.74, 6) is 4.49. The summed E-state index contributed by atoms with van der Waals surface area (Å²) >= 11 is 0. The van der Waals surface area contributed by atoms with Crippen LogP contribution in [0, 0.1) is 11.2 Å². The predicted octanol–water partition coefficient (Wildman–Crippen LogP) is 2.81. The Morgan fingerprint density at radius 3 is 2.60 bits per heavy atom. The molecule has 1 saturated carbocycles. The van der Waals surface area contributed by atoms with Crippen molar-refractivity contribution in [2.24, 2.45) is 11.3 Å². The SMILES string of the molecule is CC1(C)CCC(NC(=O)c2cccc(F)c2NN)CC1. The number of benzene rings is 1. The van der Waals surface area contributed by atoms with Crippen LogP contribution >= 0.6 is 0 Å². The maximum atomic E-state index is 13.6. The highest BCUT2D eigenvalue weighted by molar-refractivity contribution is 5.99. The topological polar surface area (TPSA) is 67.2 Å². The van der Waals surface area contributed by atoms with Crippen molar-refractivity contribution >= 4 is 11.6 Å². The fourth-order valence-electron chi connectivity index (χ4n) is 2.67. The van der Waals surface area contributed by atoms with Gasteiger partial charge in [0.2, 0.25) is 0 Å². The minimum absolute atomic E-state index is 0.0427.